The summed E-state index contributed by atoms with van der Waals surface area (Å²) < 4.78 is 39.7. The lowest BCUT2D eigenvalue weighted by Crippen LogP contribution is -2.27. The third kappa shape index (κ3) is 4.13. The lowest BCUT2D eigenvalue weighted by atomic mass is 10.0. The van der Waals surface area contributed by atoms with Crippen molar-refractivity contribution in [1.29, 1.82) is 0 Å². The smallest absolute Gasteiger partial charge is 0.369 e. The third-order valence-corrected chi connectivity index (χ3v) is 3.84. The van der Waals surface area contributed by atoms with Gasteiger partial charge in [-0.05, 0) is 44.0 Å². The van der Waals surface area contributed by atoms with Crippen molar-refractivity contribution in [3.8, 4) is 0 Å². The number of hydrogen-bond acceptors (Lipinski definition) is 2. The van der Waals surface area contributed by atoms with Gasteiger partial charge in [0.1, 0.15) is 0 Å². The van der Waals surface area contributed by atoms with Crippen LogP contribution in [0.1, 0.15) is 43.7 Å². The molecule has 0 aliphatic heterocycles. The highest BCUT2D eigenvalue weighted by molar-refractivity contribution is 5.53. The van der Waals surface area contributed by atoms with E-state index < -0.39 is 11.7 Å². The number of nitrogens with one attached hydrogen (secondary N) is 1. The van der Waals surface area contributed by atoms with Crippen LogP contribution < -0.4 is 10.2 Å². The predicted octanol–water partition coefficient (Wildman–Crippen LogP) is 4.19. The molecule has 0 aromatic heterocycles. The zero-order valence-electron chi connectivity index (χ0n) is 12.6. The van der Waals surface area contributed by atoms with Gasteiger partial charge in [-0.25, -0.2) is 0 Å². The Bertz CT molecular complexity index is 467. The number of alkyl halides is 3. The summed E-state index contributed by atoms with van der Waals surface area (Å²) in [6.45, 7) is 3.17. The molecule has 0 unspecified atom stereocenters. The molecular formula is C16H23F3N2. The van der Waals surface area contributed by atoms with Crippen molar-refractivity contribution in [3.05, 3.63) is 29.3 Å². The molecule has 1 saturated carbocycles. The Balaban J connectivity index is 2.30. The van der Waals surface area contributed by atoms with Crippen LogP contribution in [0.3, 0.4) is 0 Å². The first-order valence-corrected chi connectivity index (χ1v) is 7.58. The fourth-order valence-corrected chi connectivity index (χ4v) is 2.59. The molecule has 1 N–H and O–H groups in total. The fraction of sp³-hybridized carbons (Fsp3) is 0.625. The molecule has 1 aromatic rings. The van der Waals surface area contributed by atoms with E-state index in [2.05, 4.69) is 17.1 Å². The monoisotopic (exact) mass is 300 g/mol. The summed E-state index contributed by atoms with van der Waals surface area (Å²) in [7, 11) is 1.66. The fourth-order valence-electron chi connectivity index (χ4n) is 2.59. The Morgan fingerprint density at radius 2 is 2.00 bits per heavy atom. The molecule has 0 amide bonds. The average Bonchev–Trinajstić information content (AvgIpc) is 3.24. The third-order valence-electron chi connectivity index (χ3n) is 3.84. The van der Waals surface area contributed by atoms with Crippen LogP contribution in [0.25, 0.3) is 0 Å². The maximum atomic E-state index is 13.2. The second-order valence-corrected chi connectivity index (χ2v) is 5.65. The Kier molecular flexibility index (Phi) is 5.14. The maximum Gasteiger partial charge on any atom is 0.416 e. The van der Waals surface area contributed by atoms with Crippen molar-refractivity contribution in [2.75, 3.05) is 18.5 Å². The van der Waals surface area contributed by atoms with E-state index in [1.165, 1.54) is 6.07 Å². The molecule has 0 heterocycles. The topological polar surface area (TPSA) is 15.3 Å². The van der Waals surface area contributed by atoms with Gasteiger partial charge in [0, 0.05) is 24.8 Å². The highest BCUT2D eigenvalue weighted by Crippen LogP contribution is 2.37. The summed E-state index contributed by atoms with van der Waals surface area (Å²) in [5.74, 6) is 0. The summed E-state index contributed by atoms with van der Waals surface area (Å²) in [6.07, 6.45) is -0.0713. The van der Waals surface area contributed by atoms with Crippen LogP contribution >= 0.6 is 0 Å². The number of unbranched alkanes of at least 4 members (excludes halogenated alkanes) is 1. The van der Waals surface area contributed by atoms with Crippen molar-refractivity contribution >= 4 is 5.69 Å². The summed E-state index contributed by atoms with van der Waals surface area (Å²) >= 11 is 0. The number of hydrogen-bond donors (Lipinski definition) is 1. The normalized spacial score (nSPS) is 15.3. The van der Waals surface area contributed by atoms with Crippen molar-refractivity contribution in [1.82, 2.24) is 5.32 Å². The molecule has 2 rings (SSSR count). The van der Waals surface area contributed by atoms with E-state index in [1.54, 1.807) is 13.1 Å². The Morgan fingerprint density at radius 1 is 1.29 bits per heavy atom. The lowest BCUT2D eigenvalue weighted by Gasteiger charge is -2.26. The second kappa shape index (κ2) is 6.69. The maximum absolute atomic E-state index is 13.2. The van der Waals surface area contributed by atoms with Crippen LogP contribution in [0.2, 0.25) is 0 Å². The van der Waals surface area contributed by atoms with E-state index in [9.17, 15) is 13.2 Å². The van der Waals surface area contributed by atoms with Gasteiger partial charge >= 0.3 is 6.18 Å². The zero-order chi connectivity index (χ0) is 15.5. The van der Waals surface area contributed by atoms with Crippen LogP contribution in [0.5, 0.6) is 0 Å². The standard InChI is InChI=1S/C16H23F3N2/c1-3-4-9-21(13-7-8-13)14-6-5-12(11-20-2)15(10-14)16(17,18)19/h5-6,10,13,20H,3-4,7-9,11H2,1-2H3. The molecule has 1 fully saturated rings. The van der Waals surface area contributed by atoms with E-state index >= 15 is 0 Å². The molecule has 5 heteroatoms. The summed E-state index contributed by atoms with van der Waals surface area (Å²) in [6, 6.07) is 5.18. The number of halogens is 3. The summed E-state index contributed by atoms with van der Waals surface area (Å²) in [4.78, 5) is 2.14. The average molecular weight is 300 g/mol. The van der Waals surface area contributed by atoms with E-state index in [0.717, 1.165) is 32.2 Å². The number of rotatable bonds is 7. The minimum Gasteiger partial charge on any atom is -0.369 e. The first-order chi connectivity index (χ1) is 9.97. The van der Waals surface area contributed by atoms with Crippen molar-refractivity contribution in [3.63, 3.8) is 0 Å². The van der Waals surface area contributed by atoms with Gasteiger partial charge in [-0.3, -0.25) is 0 Å². The molecule has 0 atom stereocenters. The summed E-state index contributed by atoms with van der Waals surface area (Å²) in [5.41, 5.74) is 0.495. The van der Waals surface area contributed by atoms with Crippen molar-refractivity contribution in [2.45, 2.75) is 51.4 Å². The number of nitrogens with zero attached hydrogens (tertiary/aromatic N) is 1. The molecule has 0 bridgehead atoms. The highest BCUT2D eigenvalue weighted by atomic mass is 19.4. The molecule has 1 aromatic carbocycles. The summed E-state index contributed by atoms with van der Waals surface area (Å²) in [5, 5.41) is 2.80. The van der Waals surface area contributed by atoms with Gasteiger partial charge in [0.15, 0.2) is 0 Å². The zero-order valence-corrected chi connectivity index (χ0v) is 12.6. The van der Waals surface area contributed by atoms with Crippen LogP contribution in [0.4, 0.5) is 18.9 Å². The first-order valence-electron chi connectivity index (χ1n) is 7.58. The largest absolute Gasteiger partial charge is 0.416 e. The second-order valence-electron chi connectivity index (χ2n) is 5.65. The highest BCUT2D eigenvalue weighted by Gasteiger charge is 2.35. The quantitative estimate of drug-likeness (QED) is 0.812. The Hall–Kier alpha value is -1.23. The van der Waals surface area contributed by atoms with Gasteiger partial charge in [0.2, 0.25) is 0 Å². The van der Waals surface area contributed by atoms with Crippen molar-refractivity contribution in [2.24, 2.45) is 0 Å². The van der Waals surface area contributed by atoms with Gasteiger partial charge in [-0.2, -0.15) is 13.2 Å². The van der Waals surface area contributed by atoms with Gasteiger partial charge in [-0.1, -0.05) is 19.4 Å². The molecule has 0 saturated heterocycles. The Labute approximate surface area is 124 Å². The number of anilines is 1. The van der Waals surface area contributed by atoms with Gasteiger partial charge in [0.05, 0.1) is 5.56 Å². The van der Waals surface area contributed by atoms with E-state index in [4.69, 9.17) is 0 Å². The predicted molar refractivity (Wildman–Crippen MR) is 79.5 cm³/mol. The van der Waals surface area contributed by atoms with Crippen LogP contribution in [-0.2, 0) is 12.7 Å². The minimum absolute atomic E-state index is 0.230. The van der Waals surface area contributed by atoms with E-state index in [0.29, 0.717) is 17.3 Å². The van der Waals surface area contributed by atoms with E-state index in [-0.39, 0.29) is 6.54 Å². The van der Waals surface area contributed by atoms with Crippen LogP contribution in [0.15, 0.2) is 18.2 Å². The Morgan fingerprint density at radius 3 is 2.52 bits per heavy atom. The van der Waals surface area contributed by atoms with Crippen molar-refractivity contribution < 1.29 is 13.2 Å². The van der Waals surface area contributed by atoms with Gasteiger partial charge in [-0.15, -0.1) is 0 Å². The molecule has 1 aliphatic rings. The molecule has 0 radical (unpaired) electrons. The SMILES string of the molecule is CCCCN(c1ccc(CNC)c(C(F)(F)F)c1)C1CC1. The molecular weight excluding hydrogens is 277 g/mol. The molecule has 2 nitrogen and oxygen atoms in total. The minimum atomic E-state index is -4.30. The molecule has 1 aliphatic carbocycles. The lowest BCUT2D eigenvalue weighted by molar-refractivity contribution is -0.138. The van der Waals surface area contributed by atoms with Crippen LogP contribution in [-0.4, -0.2) is 19.6 Å². The molecule has 21 heavy (non-hydrogen) atoms. The van der Waals surface area contributed by atoms with Gasteiger partial charge in [0.25, 0.3) is 0 Å². The molecule has 118 valence electrons. The number of benzene rings is 1. The molecule has 0 spiro atoms. The van der Waals surface area contributed by atoms with E-state index in [1.807, 2.05) is 6.07 Å². The van der Waals surface area contributed by atoms with Gasteiger partial charge < -0.3 is 10.2 Å². The van der Waals surface area contributed by atoms with Crippen LogP contribution in [0, 0.1) is 0 Å². The first kappa shape index (κ1) is 16.1.